The van der Waals surface area contributed by atoms with Crippen LogP contribution in [-0.4, -0.2) is 22.6 Å². The Balaban J connectivity index is 1.62. The molecule has 0 fully saturated rings. The number of hydrogen-bond acceptors (Lipinski definition) is 3. The number of nitrogens with one attached hydrogen (secondary N) is 3. The topological polar surface area (TPSA) is 69.8 Å². The van der Waals surface area contributed by atoms with Crippen LogP contribution in [0.2, 0.25) is 0 Å². The lowest BCUT2D eigenvalue weighted by Gasteiger charge is -2.19. The van der Waals surface area contributed by atoms with E-state index in [1.807, 2.05) is 6.07 Å². The second kappa shape index (κ2) is 5.21. The zero-order valence-electron chi connectivity index (χ0n) is 12.1. The van der Waals surface area contributed by atoms with Crippen molar-refractivity contribution < 1.29 is 9.18 Å². The van der Waals surface area contributed by atoms with Crippen molar-refractivity contribution in [2.24, 2.45) is 0 Å². The molecule has 22 heavy (non-hydrogen) atoms. The Morgan fingerprint density at radius 2 is 2.14 bits per heavy atom. The van der Waals surface area contributed by atoms with E-state index in [2.05, 4.69) is 20.8 Å². The Morgan fingerprint density at radius 1 is 1.23 bits per heavy atom. The quantitative estimate of drug-likeness (QED) is 0.794. The van der Waals surface area contributed by atoms with Crippen LogP contribution in [0.15, 0.2) is 12.1 Å². The van der Waals surface area contributed by atoms with Crippen LogP contribution in [0.5, 0.6) is 0 Å². The van der Waals surface area contributed by atoms with Gasteiger partial charge in [0.15, 0.2) is 5.69 Å². The van der Waals surface area contributed by atoms with Gasteiger partial charge in [-0.1, -0.05) is 6.07 Å². The first kappa shape index (κ1) is 13.5. The molecule has 2 aromatic rings. The van der Waals surface area contributed by atoms with Crippen LogP contribution in [-0.2, 0) is 25.8 Å². The van der Waals surface area contributed by atoms with E-state index < -0.39 is 0 Å². The second-order valence-corrected chi connectivity index (χ2v) is 5.83. The van der Waals surface area contributed by atoms with E-state index in [1.165, 1.54) is 0 Å². The lowest BCUT2D eigenvalue weighted by molar-refractivity contribution is 0.102. The Kier molecular flexibility index (Phi) is 3.18. The zero-order valence-corrected chi connectivity index (χ0v) is 12.1. The molecule has 0 spiro atoms. The molecule has 0 atom stereocenters. The predicted molar refractivity (Wildman–Crippen MR) is 80.4 cm³/mol. The normalized spacial score (nSPS) is 16.2. The molecule has 4 rings (SSSR count). The number of halogens is 1. The third kappa shape index (κ3) is 2.11. The molecule has 1 aliphatic heterocycles. The van der Waals surface area contributed by atoms with Gasteiger partial charge < -0.3 is 10.6 Å². The highest BCUT2D eigenvalue weighted by Crippen LogP contribution is 2.27. The van der Waals surface area contributed by atoms with E-state index in [9.17, 15) is 9.18 Å². The number of hydrogen-bond donors (Lipinski definition) is 3. The maximum atomic E-state index is 14.6. The van der Waals surface area contributed by atoms with E-state index in [-0.39, 0.29) is 17.4 Å². The number of aromatic amines is 1. The van der Waals surface area contributed by atoms with Crippen molar-refractivity contribution in [3.8, 4) is 0 Å². The molecule has 2 aliphatic rings. The van der Waals surface area contributed by atoms with Gasteiger partial charge in [0.1, 0.15) is 5.82 Å². The minimum absolute atomic E-state index is 0.236. The van der Waals surface area contributed by atoms with Crippen molar-refractivity contribution in [2.75, 3.05) is 11.9 Å². The Hall–Kier alpha value is -2.21. The van der Waals surface area contributed by atoms with E-state index in [4.69, 9.17) is 0 Å². The van der Waals surface area contributed by atoms with Crippen LogP contribution < -0.4 is 10.6 Å². The summed E-state index contributed by atoms with van der Waals surface area (Å²) in [6, 6.07) is 3.50. The molecule has 1 aromatic heterocycles. The average Bonchev–Trinajstić information content (AvgIpc) is 3.13. The summed E-state index contributed by atoms with van der Waals surface area (Å²) in [5.74, 6) is -0.660. The van der Waals surface area contributed by atoms with Crippen molar-refractivity contribution in [3.63, 3.8) is 0 Å². The van der Waals surface area contributed by atoms with Gasteiger partial charge in [-0.3, -0.25) is 9.89 Å². The van der Waals surface area contributed by atoms with Crippen molar-refractivity contribution in [3.05, 3.63) is 46.0 Å². The molecular weight excluding hydrogens is 283 g/mol. The third-order valence-corrected chi connectivity index (χ3v) is 4.48. The Labute approximate surface area is 127 Å². The molecule has 3 N–H and O–H groups in total. The number of amides is 1. The summed E-state index contributed by atoms with van der Waals surface area (Å²) in [7, 11) is 0. The first-order valence-corrected chi connectivity index (χ1v) is 7.62. The number of H-pyrrole nitrogens is 1. The number of rotatable bonds is 2. The van der Waals surface area contributed by atoms with Crippen LogP contribution >= 0.6 is 0 Å². The molecule has 114 valence electrons. The van der Waals surface area contributed by atoms with Crippen molar-refractivity contribution in [1.29, 1.82) is 0 Å². The highest BCUT2D eigenvalue weighted by molar-refractivity contribution is 6.04. The molecule has 0 saturated carbocycles. The molecule has 1 aliphatic carbocycles. The smallest absolute Gasteiger partial charge is 0.276 e. The largest absolute Gasteiger partial charge is 0.318 e. The fourth-order valence-corrected chi connectivity index (χ4v) is 3.32. The molecule has 1 amide bonds. The molecule has 5 nitrogen and oxygen atoms in total. The van der Waals surface area contributed by atoms with Gasteiger partial charge in [0.2, 0.25) is 0 Å². The number of aromatic nitrogens is 2. The zero-order chi connectivity index (χ0) is 15.1. The fourth-order valence-electron chi connectivity index (χ4n) is 3.32. The molecule has 0 unspecified atom stereocenters. The molecule has 0 bridgehead atoms. The molecule has 6 heteroatoms. The minimum atomic E-state index is -0.341. The highest BCUT2D eigenvalue weighted by Gasteiger charge is 2.24. The highest BCUT2D eigenvalue weighted by atomic mass is 19.1. The molecule has 0 saturated heterocycles. The number of carbonyl (C=O) groups excluding carboxylic acids is 1. The maximum Gasteiger partial charge on any atom is 0.276 e. The van der Waals surface area contributed by atoms with Crippen molar-refractivity contribution in [2.45, 2.75) is 32.2 Å². The number of benzene rings is 1. The fraction of sp³-hybridized carbons (Fsp3) is 0.375. The van der Waals surface area contributed by atoms with Crippen LogP contribution in [0, 0.1) is 5.82 Å². The molecular formula is C16H17FN4O. The van der Waals surface area contributed by atoms with Gasteiger partial charge in [-0.05, 0) is 49.4 Å². The van der Waals surface area contributed by atoms with Crippen LogP contribution in [0.4, 0.5) is 10.1 Å². The van der Waals surface area contributed by atoms with Crippen LogP contribution in [0.1, 0.15) is 39.3 Å². The number of nitrogens with zero attached hydrogens (tertiary/aromatic N) is 1. The predicted octanol–water partition coefficient (Wildman–Crippen LogP) is 1.94. The summed E-state index contributed by atoms with van der Waals surface area (Å²) in [4.78, 5) is 12.4. The van der Waals surface area contributed by atoms with Gasteiger partial charge in [-0.2, -0.15) is 5.10 Å². The summed E-state index contributed by atoms with van der Waals surface area (Å²) >= 11 is 0. The standard InChI is InChI=1S/C16H17FN4O/c17-14-10-6-7-18-8-9(10)4-5-13(14)19-16(22)15-11-2-1-3-12(11)20-21-15/h4-5,18H,1-3,6-8H2,(H,19,22)(H,20,21). The summed E-state index contributed by atoms with van der Waals surface area (Å²) < 4.78 is 14.6. The first-order valence-electron chi connectivity index (χ1n) is 7.62. The SMILES string of the molecule is O=C(Nc1ccc2c(c1F)CCNC2)c1n[nH]c2c1CCC2. The Morgan fingerprint density at radius 3 is 3.05 bits per heavy atom. The van der Waals surface area contributed by atoms with Gasteiger partial charge in [-0.25, -0.2) is 4.39 Å². The summed E-state index contributed by atoms with van der Waals surface area (Å²) in [5, 5.41) is 12.9. The molecule has 1 aromatic carbocycles. The van der Waals surface area contributed by atoms with Crippen molar-refractivity contribution >= 4 is 11.6 Å². The average molecular weight is 300 g/mol. The van der Waals surface area contributed by atoms with Gasteiger partial charge in [0.05, 0.1) is 5.69 Å². The number of anilines is 1. The molecule has 0 radical (unpaired) electrons. The summed E-state index contributed by atoms with van der Waals surface area (Å²) in [6.45, 7) is 1.43. The summed E-state index contributed by atoms with van der Waals surface area (Å²) in [5.41, 5.74) is 4.29. The van der Waals surface area contributed by atoms with E-state index in [0.29, 0.717) is 24.2 Å². The van der Waals surface area contributed by atoms with E-state index in [0.717, 1.165) is 42.6 Å². The minimum Gasteiger partial charge on any atom is -0.318 e. The first-order chi connectivity index (χ1) is 10.7. The van der Waals surface area contributed by atoms with E-state index in [1.54, 1.807) is 6.07 Å². The lowest BCUT2D eigenvalue weighted by Crippen LogP contribution is -2.25. The van der Waals surface area contributed by atoms with Crippen LogP contribution in [0.3, 0.4) is 0 Å². The maximum absolute atomic E-state index is 14.6. The summed E-state index contributed by atoms with van der Waals surface area (Å²) in [6.07, 6.45) is 3.45. The third-order valence-electron chi connectivity index (χ3n) is 4.48. The van der Waals surface area contributed by atoms with Gasteiger partial charge in [-0.15, -0.1) is 0 Å². The second-order valence-electron chi connectivity index (χ2n) is 5.83. The van der Waals surface area contributed by atoms with Gasteiger partial charge in [0, 0.05) is 17.8 Å². The number of carbonyl (C=O) groups is 1. The number of fused-ring (bicyclic) bond motifs is 2. The number of aryl methyl sites for hydroxylation is 1. The van der Waals surface area contributed by atoms with Crippen molar-refractivity contribution in [1.82, 2.24) is 15.5 Å². The lowest BCUT2D eigenvalue weighted by atomic mass is 9.99. The van der Waals surface area contributed by atoms with Gasteiger partial charge >= 0.3 is 0 Å². The van der Waals surface area contributed by atoms with Gasteiger partial charge in [0.25, 0.3) is 5.91 Å². The Bertz CT molecular complexity index is 753. The van der Waals surface area contributed by atoms with E-state index >= 15 is 0 Å². The van der Waals surface area contributed by atoms with Crippen LogP contribution in [0.25, 0.3) is 0 Å². The monoisotopic (exact) mass is 300 g/mol. The molecule has 2 heterocycles.